The molecule has 0 aliphatic heterocycles. The van der Waals surface area contributed by atoms with Gasteiger partial charge in [0.05, 0.1) is 0 Å². The molecular weight excluding hydrogens is 272 g/mol. The molecule has 22 heavy (non-hydrogen) atoms. The standard InChI is InChI=1S/C14H21O.C6H5O/c1-13(2,3)10-14(4,5)11-6-8-12(15)9-7-11;7-6-4-2-1-3-5-6/h6-9H,10H2,1-5H3;1-5H. The minimum atomic E-state index is 0.0718. The maximum atomic E-state index is 11.0. The Kier molecular flexibility index (Phi) is 6.04. The van der Waals surface area contributed by atoms with Crippen molar-refractivity contribution in [2.45, 2.75) is 46.5 Å². The fourth-order valence-corrected chi connectivity index (χ4v) is 2.75. The van der Waals surface area contributed by atoms with Gasteiger partial charge >= 0.3 is 0 Å². The van der Waals surface area contributed by atoms with Gasteiger partial charge < -0.3 is 0 Å². The molecule has 2 heteroatoms. The first kappa shape index (κ1) is 18.1. The summed E-state index contributed by atoms with van der Waals surface area (Å²) in [6, 6.07) is 15.5. The molecule has 2 aromatic carbocycles. The van der Waals surface area contributed by atoms with Crippen LogP contribution in [0.15, 0.2) is 54.6 Å². The Hall–Kier alpha value is -1.96. The van der Waals surface area contributed by atoms with E-state index in [2.05, 4.69) is 34.6 Å². The van der Waals surface area contributed by atoms with Crippen molar-refractivity contribution in [1.82, 2.24) is 0 Å². The summed E-state index contributed by atoms with van der Waals surface area (Å²) >= 11 is 0. The first-order valence-electron chi connectivity index (χ1n) is 7.60. The van der Waals surface area contributed by atoms with Crippen LogP contribution in [0.3, 0.4) is 0 Å². The third-order valence-corrected chi connectivity index (χ3v) is 3.35. The molecule has 0 bridgehead atoms. The topological polar surface area (TPSA) is 39.8 Å². The molecule has 2 radical (unpaired) electrons. The van der Waals surface area contributed by atoms with E-state index >= 15 is 0 Å². The lowest BCUT2D eigenvalue weighted by Gasteiger charge is -2.32. The Labute approximate surface area is 134 Å². The van der Waals surface area contributed by atoms with Crippen molar-refractivity contribution in [2.75, 3.05) is 0 Å². The molecule has 118 valence electrons. The molecule has 2 rings (SSSR count). The highest BCUT2D eigenvalue weighted by Gasteiger charge is 2.26. The summed E-state index contributed by atoms with van der Waals surface area (Å²) in [4.78, 5) is 0. The van der Waals surface area contributed by atoms with Crippen molar-refractivity contribution in [3.05, 3.63) is 60.2 Å². The molecule has 2 nitrogen and oxygen atoms in total. The highest BCUT2D eigenvalue weighted by molar-refractivity contribution is 5.30. The van der Waals surface area contributed by atoms with Gasteiger partial charge in [0, 0.05) is 0 Å². The fraction of sp³-hybridized carbons (Fsp3) is 0.400. The summed E-state index contributed by atoms with van der Waals surface area (Å²) in [6.45, 7) is 11.2. The summed E-state index contributed by atoms with van der Waals surface area (Å²) < 4.78 is 0. The van der Waals surface area contributed by atoms with Crippen LogP contribution >= 0.6 is 0 Å². The van der Waals surface area contributed by atoms with Gasteiger partial charge in [-0.3, -0.25) is 10.2 Å². The minimum absolute atomic E-state index is 0.0718. The van der Waals surface area contributed by atoms with Crippen LogP contribution in [0.5, 0.6) is 11.5 Å². The molecule has 0 fully saturated rings. The zero-order valence-electron chi connectivity index (χ0n) is 14.2. The number of hydrogen-bond donors (Lipinski definition) is 0. The summed E-state index contributed by atoms with van der Waals surface area (Å²) in [5.74, 6) is 0.160. The molecular formula is C20H26O2. The number of para-hydroxylation sites is 1. The third kappa shape index (κ3) is 6.66. The van der Waals surface area contributed by atoms with Crippen LogP contribution in [-0.4, -0.2) is 0 Å². The Balaban J connectivity index is 0.000000287. The predicted octanol–water partition coefficient (Wildman–Crippen LogP) is 6.37. The van der Waals surface area contributed by atoms with Gasteiger partial charge in [0.15, 0.2) is 11.5 Å². The van der Waals surface area contributed by atoms with E-state index in [1.165, 1.54) is 17.7 Å². The van der Waals surface area contributed by atoms with Crippen molar-refractivity contribution in [2.24, 2.45) is 5.41 Å². The van der Waals surface area contributed by atoms with Gasteiger partial charge in [-0.05, 0) is 47.1 Å². The van der Waals surface area contributed by atoms with E-state index in [0.717, 1.165) is 6.42 Å². The predicted molar refractivity (Wildman–Crippen MR) is 90.2 cm³/mol. The average molecular weight is 298 g/mol. The van der Waals surface area contributed by atoms with E-state index in [9.17, 15) is 10.2 Å². The summed E-state index contributed by atoms with van der Waals surface area (Å²) in [5.41, 5.74) is 1.68. The van der Waals surface area contributed by atoms with Crippen LogP contribution in [-0.2, 0) is 15.6 Å². The highest BCUT2D eigenvalue weighted by Crippen LogP contribution is 2.36. The Morgan fingerprint density at radius 1 is 0.682 bits per heavy atom. The van der Waals surface area contributed by atoms with Crippen LogP contribution in [0, 0.1) is 5.41 Å². The maximum Gasteiger partial charge on any atom is 0.178 e. The van der Waals surface area contributed by atoms with Crippen molar-refractivity contribution >= 4 is 0 Å². The van der Waals surface area contributed by atoms with Crippen molar-refractivity contribution in [3.8, 4) is 11.5 Å². The van der Waals surface area contributed by atoms with Gasteiger partial charge in [0.2, 0.25) is 0 Å². The van der Waals surface area contributed by atoms with Gasteiger partial charge in [-0.1, -0.05) is 65.0 Å². The lowest BCUT2D eigenvalue weighted by atomic mass is 9.72. The molecule has 0 spiro atoms. The molecule has 0 atom stereocenters. The zero-order valence-corrected chi connectivity index (χ0v) is 14.2. The monoisotopic (exact) mass is 298 g/mol. The van der Waals surface area contributed by atoms with Crippen LogP contribution in [0.2, 0.25) is 0 Å². The summed E-state index contributed by atoms with van der Waals surface area (Å²) in [7, 11) is 0. The number of hydrogen-bond acceptors (Lipinski definition) is 0. The van der Waals surface area contributed by atoms with Gasteiger partial charge in [0.25, 0.3) is 0 Å². The SMILES string of the molecule is CC(C)(C)CC(C)(C)c1ccc([O])cc1.[O]c1ccccc1. The Morgan fingerprint density at radius 3 is 1.50 bits per heavy atom. The van der Waals surface area contributed by atoms with E-state index in [1.807, 2.05) is 18.2 Å². The highest BCUT2D eigenvalue weighted by atomic mass is 16.3. The van der Waals surface area contributed by atoms with Gasteiger partial charge in [-0.15, -0.1) is 0 Å². The Bertz CT molecular complexity index is 549. The van der Waals surface area contributed by atoms with Crippen molar-refractivity contribution < 1.29 is 10.2 Å². The van der Waals surface area contributed by atoms with E-state index in [1.54, 1.807) is 24.3 Å². The minimum Gasteiger partial charge on any atom is -0.290 e. The van der Waals surface area contributed by atoms with Crippen LogP contribution in [0.25, 0.3) is 0 Å². The van der Waals surface area contributed by atoms with E-state index in [0.29, 0.717) is 5.41 Å². The Morgan fingerprint density at radius 2 is 1.14 bits per heavy atom. The van der Waals surface area contributed by atoms with Crippen LogP contribution in [0.4, 0.5) is 0 Å². The zero-order chi connectivity index (χ0) is 16.8. The van der Waals surface area contributed by atoms with E-state index < -0.39 is 0 Å². The molecule has 0 aliphatic rings. The third-order valence-electron chi connectivity index (χ3n) is 3.35. The van der Waals surface area contributed by atoms with Crippen molar-refractivity contribution in [1.29, 1.82) is 0 Å². The first-order chi connectivity index (χ1) is 10.1. The maximum absolute atomic E-state index is 11.0. The molecule has 0 N–H and O–H groups in total. The smallest absolute Gasteiger partial charge is 0.178 e. The second kappa shape index (κ2) is 7.35. The summed E-state index contributed by atoms with van der Waals surface area (Å²) in [5, 5.41) is 21.3. The largest absolute Gasteiger partial charge is 0.290 e. The van der Waals surface area contributed by atoms with Gasteiger partial charge in [-0.25, -0.2) is 0 Å². The van der Waals surface area contributed by atoms with E-state index in [4.69, 9.17) is 0 Å². The molecule has 0 aromatic heterocycles. The van der Waals surface area contributed by atoms with Crippen LogP contribution < -0.4 is 0 Å². The number of benzene rings is 2. The molecule has 0 amide bonds. The van der Waals surface area contributed by atoms with Crippen LogP contribution in [0.1, 0.15) is 46.6 Å². The quantitative estimate of drug-likeness (QED) is 0.617. The molecule has 2 aromatic rings. The normalized spacial score (nSPS) is 11.5. The summed E-state index contributed by atoms with van der Waals surface area (Å²) in [6.07, 6.45) is 1.11. The van der Waals surface area contributed by atoms with E-state index in [-0.39, 0.29) is 16.9 Å². The van der Waals surface area contributed by atoms with Gasteiger partial charge in [0.1, 0.15) is 0 Å². The molecule has 0 aliphatic carbocycles. The fourth-order valence-electron chi connectivity index (χ4n) is 2.75. The van der Waals surface area contributed by atoms with Gasteiger partial charge in [-0.2, -0.15) is 0 Å². The second-order valence-corrected chi connectivity index (χ2v) is 7.46. The van der Waals surface area contributed by atoms with Crippen molar-refractivity contribution in [3.63, 3.8) is 0 Å². The molecule has 0 saturated heterocycles. The lowest BCUT2D eigenvalue weighted by Crippen LogP contribution is -2.24. The molecule has 0 heterocycles. The molecule has 0 saturated carbocycles. The second-order valence-electron chi connectivity index (χ2n) is 7.46. The first-order valence-corrected chi connectivity index (χ1v) is 7.60. The molecule has 0 unspecified atom stereocenters. The number of rotatable bonds is 2. The lowest BCUT2D eigenvalue weighted by molar-refractivity contribution is 0.283. The average Bonchev–Trinajstić information content (AvgIpc) is 2.38.